The van der Waals surface area contributed by atoms with Gasteiger partial charge in [0.2, 0.25) is 0 Å². The smallest absolute Gasteiger partial charge is 0.305 e. The summed E-state index contributed by atoms with van der Waals surface area (Å²) < 4.78 is 1.64. The molecule has 20 heavy (non-hydrogen) atoms. The molecule has 2 rings (SSSR count). The third kappa shape index (κ3) is 3.01. The zero-order chi connectivity index (χ0) is 14.5. The van der Waals surface area contributed by atoms with Crippen LogP contribution in [0.5, 0.6) is 0 Å². The summed E-state index contributed by atoms with van der Waals surface area (Å²) in [4.78, 5) is 11.0. The number of nitrogens with zero attached hydrogens (tertiary/aromatic N) is 4. The summed E-state index contributed by atoms with van der Waals surface area (Å²) in [5, 5.41) is 20.8. The molecule has 1 aromatic carbocycles. The minimum Gasteiger partial charge on any atom is -0.481 e. The van der Waals surface area contributed by atoms with Gasteiger partial charge in [-0.05, 0) is 29.3 Å². The maximum atomic E-state index is 11.0. The van der Waals surface area contributed by atoms with Crippen LogP contribution in [0.3, 0.4) is 0 Å². The van der Waals surface area contributed by atoms with E-state index in [1.807, 2.05) is 38.1 Å². The minimum atomic E-state index is -0.838. The molecule has 1 atom stereocenters. The van der Waals surface area contributed by atoms with Gasteiger partial charge >= 0.3 is 5.97 Å². The number of benzene rings is 1. The van der Waals surface area contributed by atoms with Crippen LogP contribution in [0.25, 0.3) is 11.4 Å². The van der Waals surface area contributed by atoms with Crippen LogP contribution in [0.4, 0.5) is 0 Å². The molecule has 1 heterocycles. The number of carboxylic acid groups (broad SMARTS) is 1. The molecule has 106 valence electrons. The van der Waals surface area contributed by atoms with Gasteiger partial charge in [0.05, 0.1) is 12.5 Å². The number of carboxylic acids is 1. The molecule has 1 unspecified atom stereocenters. The number of hydrogen-bond donors (Lipinski definition) is 1. The molecule has 1 N–H and O–H groups in total. The lowest BCUT2D eigenvalue weighted by Crippen LogP contribution is -2.16. The van der Waals surface area contributed by atoms with Crippen LogP contribution in [0.15, 0.2) is 24.3 Å². The van der Waals surface area contributed by atoms with E-state index in [4.69, 9.17) is 5.11 Å². The second-order valence-electron chi connectivity index (χ2n) is 4.80. The van der Waals surface area contributed by atoms with Gasteiger partial charge in [0, 0.05) is 5.56 Å². The zero-order valence-corrected chi connectivity index (χ0v) is 11.7. The van der Waals surface area contributed by atoms with Crippen molar-refractivity contribution in [1.29, 1.82) is 0 Å². The summed E-state index contributed by atoms with van der Waals surface area (Å²) >= 11 is 0. The van der Waals surface area contributed by atoms with Crippen LogP contribution >= 0.6 is 0 Å². The highest BCUT2D eigenvalue weighted by molar-refractivity contribution is 5.67. The predicted molar refractivity (Wildman–Crippen MR) is 74.2 cm³/mol. The molecular weight excluding hydrogens is 256 g/mol. The van der Waals surface area contributed by atoms with Crippen LogP contribution in [0, 0.1) is 6.92 Å². The minimum absolute atomic E-state index is 0.0256. The van der Waals surface area contributed by atoms with Crippen LogP contribution in [-0.4, -0.2) is 31.3 Å². The molecule has 1 aromatic heterocycles. The fourth-order valence-corrected chi connectivity index (χ4v) is 2.29. The van der Waals surface area contributed by atoms with E-state index in [9.17, 15) is 4.79 Å². The second kappa shape index (κ2) is 6.27. The molecule has 2 aromatic rings. The summed E-state index contributed by atoms with van der Waals surface area (Å²) in [5.74, 6) is -0.211. The third-order valence-corrected chi connectivity index (χ3v) is 3.26. The van der Waals surface area contributed by atoms with Gasteiger partial charge in [0.15, 0.2) is 5.82 Å². The molecule has 0 aliphatic carbocycles. The fraction of sp³-hybridized carbons (Fsp3) is 0.429. The molecule has 0 bridgehead atoms. The third-order valence-electron chi connectivity index (χ3n) is 3.26. The van der Waals surface area contributed by atoms with Gasteiger partial charge in [-0.1, -0.05) is 37.6 Å². The molecule has 0 amide bonds. The highest BCUT2D eigenvalue weighted by Gasteiger charge is 2.21. The standard InChI is InChI=1S/C14H18N4O2/c1-3-6-11(9-13(19)20)18-14(15-16-17-18)12-8-5-4-7-10(12)2/h4-5,7-8,11H,3,6,9H2,1-2H3,(H,19,20). The molecule has 0 spiro atoms. The molecule has 0 aliphatic heterocycles. The molecule has 0 aliphatic rings. The number of aliphatic carboxylic acids is 1. The van der Waals surface area contributed by atoms with Gasteiger partial charge in [-0.3, -0.25) is 4.79 Å². The van der Waals surface area contributed by atoms with E-state index in [1.54, 1.807) is 4.68 Å². The first kappa shape index (κ1) is 14.2. The topological polar surface area (TPSA) is 80.9 Å². The van der Waals surface area contributed by atoms with Gasteiger partial charge < -0.3 is 5.11 Å². The van der Waals surface area contributed by atoms with Gasteiger partial charge in [-0.25, -0.2) is 4.68 Å². The van der Waals surface area contributed by atoms with E-state index in [-0.39, 0.29) is 12.5 Å². The first-order chi connectivity index (χ1) is 9.63. The van der Waals surface area contributed by atoms with E-state index in [0.717, 1.165) is 24.0 Å². The van der Waals surface area contributed by atoms with Crippen molar-refractivity contribution >= 4 is 5.97 Å². The normalized spacial score (nSPS) is 12.3. The van der Waals surface area contributed by atoms with Gasteiger partial charge in [-0.15, -0.1) is 5.10 Å². The Morgan fingerprint density at radius 3 is 2.80 bits per heavy atom. The fourth-order valence-electron chi connectivity index (χ4n) is 2.29. The Balaban J connectivity index is 2.40. The Bertz CT molecular complexity index is 594. The van der Waals surface area contributed by atoms with Crippen molar-refractivity contribution in [2.45, 2.75) is 39.2 Å². The van der Waals surface area contributed by atoms with Gasteiger partial charge in [0.1, 0.15) is 0 Å². The Morgan fingerprint density at radius 2 is 2.15 bits per heavy atom. The number of aromatic nitrogens is 4. The zero-order valence-electron chi connectivity index (χ0n) is 11.7. The maximum Gasteiger partial charge on any atom is 0.305 e. The van der Waals surface area contributed by atoms with Crippen molar-refractivity contribution in [3.05, 3.63) is 29.8 Å². The summed E-state index contributed by atoms with van der Waals surface area (Å²) in [5.41, 5.74) is 2.00. The molecule has 0 saturated carbocycles. The maximum absolute atomic E-state index is 11.0. The first-order valence-electron chi connectivity index (χ1n) is 6.69. The average Bonchev–Trinajstić information content (AvgIpc) is 2.87. The largest absolute Gasteiger partial charge is 0.481 e. The van der Waals surface area contributed by atoms with Crippen LogP contribution in [0.1, 0.15) is 37.8 Å². The monoisotopic (exact) mass is 274 g/mol. The predicted octanol–water partition coefficient (Wildman–Crippen LogP) is 2.46. The van der Waals surface area contributed by atoms with E-state index in [1.165, 1.54) is 0 Å². The Labute approximate surface area is 117 Å². The molecule has 0 radical (unpaired) electrons. The number of hydrogen-bond acceptors (Lipinski definition) is 4. The lowest BCUT2D eigenvalue weighted by molar-refractivity contribution is -0.138. The number of rotatable bonds is 6. The van der Waals surface area contributed by atoms with Crippen molar-refractivity contribution < 1.29 is 9.90 Å². The number of tetrazole rings is 1. The van der Waals surface area contributed by atoms with Crippen molar-refractivity contribution in [1.82, 2.24) is 20.2 Å². The van der Waals surface area contributed by atoms with E-state index >= 15 is 0 Å². The first-order valence-corrected chi connectivity index (χ1v) is 6.69. The lowest BCUT2D eigenvalue weighted by Gasteiger charge is -2.16. The molecule has 6 nitrogen and oxygen atoms in total. The second-order valence-corrected chi connectivity index (χ2v) is 4.80. The van der Waals surface area contributed by atoms with E-state index in [0.29, 0.717) is 5.82 Å². The quantitative estimate of drug-likeness (QED) is 0.875. The van der Waals surface area contributed by atoms with Gasteiger partial charge in [0.25, 0.3) is 0 Å². The van der Waals surface area contributed by atoms with Crippen LogP contribution in [0.2, 0.25) is 0 Å². The van der Waals surface area contributed by atoms with Gasteiger partial charge in [-0.2, -0.15) is 0 Å². The average molecular weight is 274 g/mol. The van der Waals surface area contributed by atoms with E-state index in [2.05, 4.69) is 15.5 Å². The van der Waals surface area contributed by atoms with Crippen molar-refractivity contribution in [3.63, 3.8) is 0 Å². The Morgan fingerprint density at radius 1 is 1.40 bits per heavy atom. The molecule has 6 heteroatoms. The summed E-state index contributed by atoms with van der Waals surface area (Å²) in [6.45, 7) is 4.01. The molecule has 0 fully saturated rings. The molecule has 0 saturated heterocycles. The van der Waals surface area contributed by atoms with Crippen LogP contribution < -0.4 is 0 Å². The van der Waals surface area contributed by atoms with Crippen LogP contribution in [-0.2, 0) is 4.79 Å². The number of carbonyl (C=O) groups is 1. The van der Waals surface area contributed by atoms with Crippen molar-refractivity contribution in [2.75, 3.05) is 0 Å². The van der Waals surface area contributed by atoms with Crippen molar-refractivity contribution in [2.24, 2.45) is 0 Å². The summed E-state index contributed by atoms with van der Waals surface area (Å²) in [6.07, 6.45) is 1.64. The van der Waals surface area contributed by atoms with E-state index < -0.39 is 5.97 Å². The Kier molecular flexibility index (Phi) is 4.45. The Hall–Kier alpha value is -2.24. The van der Waals surface area contributed by atoms with Crippen molar-refractivity contribution in [3.8, 4) is 11.4 Å². The highest BCUT2D eigenvalue weighted by Crippen LogP contribution is 2.26. The number of aryl methyl sites for hydroxylation is 1. The summed E-state index contributed by atoms with van der Waals surface area (Å²) in [6, 6.07) is 7.59. The highest BCUT2D eigenvalue weighted by atomic mass is 16.4. The molecular formula is C14H18N4O2. The SMILES string of the molecule is CCCC(CC(=O)O)n1nnnc1-c1ccccc1C. The summed E-state index contributed by atoms with van der Waals surface area (Å²) in [7, 11) is 0. The lowest BCUT2D eigenvalue weighted by atomic mass is 10.1.